The van der Waals surface area contributed by atoms with Crippen LogP contribution in [0.1, 0.15) is 87.5 Å². The van der Waals surface area contributed by atoms with Crippen LogP contribution in [0.2, 0.25) is 0 Å². The van der Waals surface area contributed by atoms with Gasteiger partial charge in [-0.2, -0.15) is 0 Å². The molecule has 138 valence electrons. The van der Waals surface area contributed by atoms with E-state index in [9.17, 15) is 0 Å². The number of allylic oxidation sites excluding steroid dienone is 5. The summed E-state index contributed by atoms with van der Waals surface area (Å²) in [4.78, 5) is 0. The molecular weight excluding hydrogens is 290 g/mol. The van der Waals surface area contributed by atoms with Crippen LogP contribution < -0.4 is 5.73 Å². The Hall–Kier alpha value is -0.980. The summed E-state index contributed by atoms with van der Waals surface area (Å²) in [5.41, 5.74) is 10.5. The third kappa shape index (κ3) is 4.35. The van der Waals surface area contributed by atoms with E-state index in [1.807, 2.05) is 0 Å². The largest absolute Gasteiger partial charge is 0.399 e. The molecule has 1 rings (SSSR count). The standard InChI is InChI=1S/C23H41N/c1-9-15-23(8)20(6)19(5)11-13-21(24)12-10-18(4)14-16-22(23,7)17(2)3/h11-13,17-18H,9-10,14-16,24H2,1-8H3/b13-11-,20-19+,21-12?. The molecule has 1 nitrogen and oxygen atoms in total. The van der Waals surface area contributed by atoms with Crippen molar-refractivity contribution in [1.29, 1.82) is 0 Å². The molecule has 2 N–H and O–H groups in total. The van der Waals surface area contributed by atoms with Crippen LogP contribution in [0.3, 0.4) is 0 Å². The molecule has 0 spiro atoms. The van der Waals surface area contributed by atoms with E-state index in [-0.39, 0.29) is 5.41 Å². The molecule has 0 fully saturated rings. The normalized spacial score (nSPS) is 37.5. The summed E-state index contributed by atoms with van der Waals surface area (Å²) in [6.45, 7) is 19.2. The van der Waals surface area contributed by atoms with E-state index >= 15 is 0 Å². The molecule has 24 heavy (non-hydrogen) atoms. The quantitative estimate of drug-likeness (QED) is 0.591. The topological polar surface area (TPSA) is 26.0 Å². The van der Waals surface area contributed by atoms with Crippen molar-refractivity contribution in [2.24, 2.45) is 28.4 Å². The highest BCUT2D eigenvalue weighted by molar-refractivity contribution is 5.33. The monoisotopic (exact) mass is 331 g/mol. The lowest BCUT2D eigenvalue weighted by Gasteiger charge is -2.52. The van der Waals surface area contributed by atoms with Gasteiger partial charge in [-0.05, 0) is 68.3 Å². The van der Waals surface area contributed by atoms with Gasteiger partial charge in [0.1, 0.15) is 0 Å². The van der Waals surface area contributed by atoms with Gasteiger partial charge in [-0.1, -0.05) is 71.3 Å². The summed E-state index contributed by atoms with van der Waals surface area (Å²) < 4.78 is 0. The van der Waals surface area contributed by atoms with Gasteiger partial charge in [0, 0.05) is 5.70 Å². The molecular formula is C23H41N. The molecule has 0 radical (unpaired) electrons. The highest BCUT2D eigenvalue weighted by Gasteiger charge is 2.46. The van der Waals surface area contributed by atoms with Crippen LogP contribution in [0, 0.1) is 22.7 Å². The van der Waals surface area contributed by atoms with E-state index < -0.39 is 0 Å². The molecule has 3 unspecified atom stereocenters. The van der Waals surface area contributed by atoms with Crippen molar-refractivity contribution in [3.05, 3.63) is 35.1 Å². The molecule has 0 saturated heterocycles. The smallest absolute Gasteiger partial charge is 0.0273 e. The van der Waals surface area contributed by atoms with Gasteiger partial charge in [0.05, 0.1) is 0 Å². The number of rotatable bonds is 3. The lowest BCUT2D eigenvalue weighted by Crippen LogP contribution is -2.43. The second-order valence-electron chi connectivity index (χ2n) is 8.88. The van der Waals surface area contributed by atoms with Crippen molar-refractivity contribution in [3.8, 4) is 0 Å². The summed E-state index contributed by atoms with van der Waals surface area (Å²) in [6, 6.07) is 0. The molecule has 0 aromatic carbocycles. The van der Waals surface area contributed by atoms with Crippen molar-refractivity contribution in [3.63, 3.8) is 0 Å². The Bertz CT molecular complexity index is 508. The third-order valence-electron chi connectivity index (χ3n) is 7.14. The molecule has 0 saturated carbocycles. The van der Waals surface area contributed by atoms with Crippen LogP contribution in [0.25, 0.3) is 0 Å². The summed E-state index contributed by atoms with van der Waals surface area (Å²) in [6.07, 6.45) is 12.6. The van der Waals surface area contributed by atoms with E-state index in [2.05, 4.69) is 73.6 Å². The summed E-state index contributed by atoms with van der Waals surface area (Å²) >= 11 is 0. The fourth-order valence-electron chi connectivity index (χ4n) is 4.45. The fraction of sp³-hybridized carbons (Fsp3) is 0.739. The van der Waals surface area contributed by atoms with Gasteiger partial charge in [0.25, 0.3) is 0 Å². The first-order chi connectivity index (χ1) is 11.1. The van der Waals surface area contributed by atoms with E-state index in [1.165, 1.54) is 36.8 Å². The fourth-order valence-corrected chi connectivity index (χ4v) is 4.45. The van der Waals surface area contributed by atoms with E-state index in [1.54, 1.807) is 0 Å². The van der Waals surface area contributed by atoms with Crippen LogP contribution >= 0.6 is 0 Å². The first kappa shape index (κ1) is 21.1. The Morgan fingerprint density at radius 1 is 1.21 bits per heavy atom. The maximum Gasteiger partial charge on any atom is 0.0273 e. The third-order valence-corrected chi connectivity index (χ3v) is 7.14. The lowest BCUT2D eigenvalue weighted by atomic mass is 9.53. The van der Waals surface area contributed by atoms with Gasteiger partial charge >= 0.3 is 0 Å². The predicted molar refractivity (Wildman–Crippen MR) is 109 cm³/mol. The first-order valence-corrected chi connectivity index (χ1v) is 9.90. The molecule has 0 aliphatic heterocycles. The molecule has 0 aromatic rings. The van der Waals surface area contributed by atoms with Gasteiger partial charge in [0.15, 0.2) is 0 Å². The number of hydrogen-bond donors (Lipinski definition) is 1. The molecule has 1 aliphatic rings. The van der Waals surface area contributed by atoms with Crippen molar-refractivity contribution in [1.82, 2.24) is 0 Å². The Kier molecular flexibility index (Phi) is 7.38. The second kappa shape index (κ2) is 8.41. The Labute approximate surface area is 151 Å². The highest BCUT2D eigenvalue weighted by atomic mass is 14.6. The Morgan fingerprint density at radius 3 is 2.38 bits per heavy atom. The molecule has 0 heterocycles. The van der Waals surface area contributed by atoms with Crippen LogP contribution in [-0.2, 0) is 0 Å². The van der Waals surface area contributed by atoms with Crippen LogP contribution in [-0.4, -0.2) is 0 Å². The zero-order valence-corrected chi connectivity index (χ0v) is 17.5. The van der Waals surface area contributed by atoms with Crippen LogP contribution in [0.4, 0.5) is 0 Å². The molecule has 0 amide bonds. The van der Waals surface area contributed by atoms with Gasteiger partial charge in [-0.15, -0.1) is 0 Å². The molecule has 0 bridgehead atoms. The van der Waals surface area contributed by atoms with Crippen molar-refractivity contribution in [2.45, 2.75) is 87.5 Å². The van der Waals surface area contributed by atoms with Gasteiger partial charge in [-0.3, -0.25) is 0 Å². The molecule has 3 atom stereocenters. The first-order valence-electron chi connectivity index (χ1n) is 9.90. The summed E-state index contributed by atoms with van der Waals surface area (Å²) in [5.74, 6) is 1.35. The zero-order chi connectivity index (χ0) is 18.5. The predicted octanol–water partition coefficient (Wildman–Crippen LogP) is 7.01. The Morgan fingerprint density at radius 2 is 1.83 bits per heavy atom. The average molecular weight is 332 g/mol. The van der Waals surface area contributed by atoms with Crippen molar-refractivity contribution >= 4 is 0 Å². The van der Waals surface area contributed by atoms with Gasteiger partial charge < -0.3 is 5.73 Å². The van der Waals surface area contributed by atoms with E-state index in [0.29, 0.717) is 17.3 Å². The number of hydrogen-bond acceptors (Lipinski definition) is 1. The molecule has 1 heteroatoms. The second-order valence-corrected chi connectivity index (χ2v) is 8.88. The minimum Gasteiger partial charge on any atom is -0.399 e. The van der Waals surface area contributed by atoms with Crippen LogP contribution in [0.15, 0.2) is 35.1 Å². The van der Waals surface area contributed by atoms with E-state index in [4.69, 9.17) is 5.73 Å². The van der Waals surface area contributed by atoms with Crippen molar-refractivity contribution in [2.75, 3.05) is 0 Å². The van der Waals surface area contributed by atoms with Crippen molar-refractivity contribution < 1.29 is 0 Å². The van der Waals surface area contributed by atoms with Gasteiger partial charge in [-0.25, -0.2) is 0 Å². The van der Waals surface area contributed by atoms with Crippen LogP contribution in [0.5, 0.6) is 0 Å². The number of nitrogens with two attached hydrogens (primary N) is 1. The van der Waals surface area contributed by atoms with Gasteiger partial charge in [0.2, 0.25) is 0 Å². The Balaban J connectivity index is 3.52. The summed E-state index contributed by atoms with van der Waals surface area (Å²) in [5, 5.41) is 0. The molecule has 1 aliphatic carbocycles. The lowest BCUT2D eigenvalue weighted by molar-refractivity contribution is 0.0263. The van der Waals surface area contributed by atoms with E-state index in [0.717, 1.165) is 12.1 Å². The molecule has 0 aromatic heterocycles. The minimum absolute atomic E-state index is 0.224. The highest BCUT2D eigenvalue weighted by Crippen LogP contribution is 2.56. The zero-order valence-electron chi connectivity index (χ0n) is 17.5. The maximum absolute atomic E-state index is 6.16. The summed E-state index contributed by atoms with van der Waals surface area (Å²) in [7, 11) is 0. The SMILES string of the molecule is CCCC1(C)/C(C)=C(C)/C=C\C(N)=CCC(C)CCC1(C)C(C)C. The minimum atomic E-state index is 0.224. The maximum atomic E-state index is 6.16. The average Bonchev–Trinajstić information content (AvgIpc) is 2.53.